The molecule has 2 aliphatic heterocycles. The van der Waals surface area contributed by atoms with E-state index in [9.17, 15) is 0 Å². The van der Waals surface area contributed by atoms with E-state index in [0.29, 0.717) is 11.8 Å². The minimum Gasteiger partial charge on any atom is -0.357 e. The molecule has 0 bridgehead atoms. The van der Waals surface area contributed by atoms with Crippen molar-refractivity contribution >= 4 is 5.96 Å². The first-order valence-electron chi connectivity index (χ1n) is 11.1. The van der Waals surface area contributed by atoms with Gasteiger partial charge in [-0.3, -0.25) is 4.99 Å². The normalized spacial score (nSPS) is 29.9. The number of benzene rings is 1. The monoisotopic (exact) mass is 368 g/mol. The number of nitrogens with zero attached hydrogens (tertiary/aromatic N) is 3. The van der Waals surface area contributed by atoms with Crippen LogP contribution in [0.2, 0.25) is 0 Å². The third kappa shape index (κ3) is 4.66. The van der Waals surface area contributed by atoms with Gasteiger partial charge in [-0.2, -0.15) is 0 Å². The van der Waals surface area contributed by atoms with Crippen LogP contribution in [0.3, 0.4) is 0 Å². The van der Waals surface area contributed by atoms with Crippen LogP contribution in [0.15, 0.2) is 35.3 Å². The fraction of sp³-hybridized carbons (Fsp3) is 0.696. The third-order valence-electron chi connectivity index (χ3n) is 6.65. The van der Waals surface area contributed by atoms with Crippen LogP contribution < -0.4 is 5.32 Å². The van der Waals surface area contributed by atoms with Crippen molar-refractivity contribution in [2.24, 2.45) is 16.8 Å². The van der Waals surface area contributed by atoms with Gasteiger partial charge in [0.25, 0.3) is 0 Å². The first kappa shape index (κ1) is 18.8. The van der Waals surface area contributed by atoms with Gasteiger partial charge in [0.15, 0.2) is 5.96 Å². The molecule has 0 amide bonds. The summed E-state index contributed by atoms with van der Waals surface area (Å²) in [7, 11) is 0. The molecule has 1 aromatic rings. The lowest BCUT2D eigenvalue weighted by Gasteiger charge is -2.39. The predicted molar refractivity (Wildman–Crippen MR) is 113 cm³/mol. The van der Waals surface area contributed by atoms with Crippen LogP contribution in [0.4, 0.5) is 0 Å². The summed E-state index contributed by atoms with van der Waals surface area (Å²) in [6.07, 6.45) is 5.39. The molecule has 4 heteroatoms. The second-order valence-electron chi connectivity index (χ2n) is 8.80. The third-order valence-corrected chi connectivity index (χ3v) is 6.65. The van der Waals surface area contributed by atoms with Crippen molar-refractivity contribution < 1.29 is 0 Å². The molecule has 2 heterocycles. The number of aliphatic imine (C=N–C) groups is 1. The van der Waals surface area contributed by atoms with Gasteiger partial charge in [-0.05, 0) is 62.5 Å². The van der Waals surface area contributed by atoms with Gasteiger partial charge in [0.2, 0.25) is 0 Å². The molecule has 4 rings (SSSR count). The summed E-state index contributed by atoms with van der Waals surface area (Å²) in [6, 6.07) is 12.0. The molecule has 1 saturated carbocycles. The van der Waals surface area contributed by atoms with Crippen LogP contribution in [0.1, 0.15) is 51.0 Å². The molecule has 3 unspecified atom stereocenters. The van der Waals surface area contributed by atoms with Crippen LogP contribution in [0.5, 0.6) is 0 Å². The van der Waals surface area contributed by atoms with Gasteiger partial charge < -0.3 is 15.1 Å². The SMILES string of the molecule is CCNC(=NCC1CCN(C2CC2)C1)N1CCC(c2ccccc2)C(C)C1. The summed E-state index contributed by atoms with van der Waals surface area (Å²) in [5.74, 6) is 3.22. The number of hydrogen-bond donors (Lipinski definition) is 1. The second-order valence-corrected chi connectivity index (χ2v) is 8.80. The summed E-state index contributed by atoms with van der Waals surface area (Å²) < 4.78 is 0. The molecule has 3 atom stereocenters. The molecular weight excluding hydrogens is 332 g/mol. The largest absolute Gasteiger partial charge is 0.357 e. The number of rotatable bonds is 5. The van der Waals surface area contributed by atoms with Crippen molar-refractivity contribution in [2.45, 2.75) is 51.5 Å². The van der Waals surface area contributed by atoms with Crippen LogP contribution in [-0.4, -0.2) is 61.1 Å². The first-order valence-corrected chi connectivity index (χ1v) is 11.1. The fourth-order valence-electron chi connectivity index (χ4n) is 4.96. The van der Waals surface area contributed by atoms with E-state index in [4.69, 9.17) is 4.99 Å². The quantitative estimate of drug-likeness (QED) is 0.637. The van der Waals surface area contributed by atoms with Crippen LogP contribution >= 0.6 is 0 Å². The number of hydrogen-bond acceptors (Lipinski definition) is 2. The number of nitrogens with one attached hydrogen (secondary N) is 1. The summed E-state index contributed by atoms with van der Waals surface area (Å²) in [6.45, 7) is 11.3. The molecular formula is C23H36N4. The van der Waals surface area contributed by atoms with E-state index in [0.717, 1.165) is 44.1 Å². The molecule has 4 nitrogen and oxygen atoms in total. The Hall–Kier alpha value is -1.55. The Bertz CT molecular complexity index is 625. The first-order chi connectivity index (χ1) is 13.2. The maximum absolute atomic E-state index is 5.07. The molecule has 1 N–H and O–H groups in total. The lowest BCUT2D eigenvalue weighted by atomic mass is 9.82. The number of guanidine groups is 1. The Labute approximate surface area is 165 Å². The maximum Gasteiger partial charge on any atom is 0.193 e. The zero-order chi connectivity index (χ0) is 18.6. The summed E-state index contributed by atoms with van der Waals surface area (Å²) in [5.41, 5.74) is 1.50. The lowest BCUT2D eigenvalue weighted by molar-refractivity contribution is 0.234. The van der Waals surface area contributed by atoms with Gasteiger partial charge in [-0.25, -0.2) is 0 Å². The zero-order valence-corrected chi connectivity index (χ0v) is 17.1. The topological polar surface area (TPSA) is 30.9 Å². The van der Waals surface area contributed by atoms with Crippen LogP contribution in [-0.2, 0) is 0 Å². The zero-order valence-electron chi connectivity index (χ0n) is 17.1. The molecule has 148 valence electrons. The van der Waals surface area contributed by atoms with Crippen molar-refractivity contribution in [3.8, 4) is 0 Å². The average Bonchev–Trinajstić information content (AvgIpc) is 3.44. The summed E-state index contributed by atoms with van der Waals surface area (Å²) in [5, 5.41) is 3.56. The molecule has 27 heavy (non-hydrogen) atoms. The Morgan fingerprint density at radius 1 is 1.07 bits per heavy atom. The highest BCUT2D eigenvalue weighted by atomic mass is 15.3. The van der Waals surface area contributed by atoms with E-state index in [1.807, 2.05) is 0 Å². The van der Waals surface area contributed by atoms with Crippen LogP contribution in [0.25, 0.3) is 0 Å². The van der Waals surface area contributed by atoms with Gasteiger partial charge >= 0.3 is 0 Å². The Morgan fingerprint density at radius 2 is 1.89 bits per heavy atom. The van der Waals surface area contributed by atoms with Crippen molar-refractivity contribution in [3.05, 3.63) is 35.9 Å². The van der Waals surface area contributed by atoms with Gasteiger partial charge in [0, 0.05) is 38.8 Å². The number of piperidine rings is 1. The van der Waals surface area contributed by atoms with Crippen molar-refractivity contribution in [3.63, 3.8) is 0 Å². The van der Waals surface area contributed by atoms with Crippen LogP contribution in [0, 0.1) is 11.8 Å². The molecule has 0 spiro atoms. The average molecular weight is 369 g/mol. The highest BCUT2D eigenvalue weighted by molar-refractivity contribution is 5.80. The van der Waals surface area contributed by atoms with Crippen molar-refractivity contribution in [1.29, 1.82) is 0 Å². The van der Waals surface area contributed by atoms with Crippen molar-refractivity contribution in [1.82, 2.24) is 15.1 Å². The molecule has 3 aliphatic rings. The highest BCUT2D eigenvalue weighted by Crippen LogP contribution is 2.33. The standard InChI is InChI=1S/C23H36N4/c1-3-24-23(25-15-19-11-13-26(17-19)21-9-10-21)27-14-12-22(18(2)16-27)20-7-5-4-6-8-20/h4-8,18-19,21-22H,3,9-17H2,1-2H3,(H,24,25). The minimum atomic E-state index is 0.654. The van der Waals surface area contributed by atoms with E-state index >= 15 is 0 Å². The Morgan fingerprint density at radius 3 is 2.59 bits per heavy atom. The second kappa shape index (κ2) is 8.64. The van der Waals surface area contributed by atoms with E-state index in [1.54, 1.807) is 0 Å². The van der Waals surface area contributed by atoms with E-state index in [1.165, 1.54) is 44.3 Å². The fourth-order valence-corrected chi connectivity index (χ4v) is 4.96. The molecule has 1 aliphatic carbocycles. The number of likely N-dealkylation sites (tertiary alicyclic amines) is 2. The smallest absolute Gasteiger partial charge is 0.193 e. The lowest BCUT2D eigenvalue weighted by Crippen LogP contribution is -2.48. The summed E-state index contributed by atoms with van der Waals surface area (Å²) in [4.78, 5) is 10.3. The maximum atomic E-state index is 5.07. The molecule has 2 saturated heterocycles. The predicted octanol–water partition coefficient (Wildman–Crippen LogP) is 3.56. The van der Waals surface area contributed by atoms with Gasteiger partial charge in [0.1, 0.15) is 0 Å². The Kier molecular flexibility index (Phi) is 6.01. The van der Waals surface area contributed by atoms with Gasteiger partial charge in [-0.1, -0.05) is 37.3 Å². The molecule has 1 aromatic carbocycles. The molecule has 3 fully saturated rings. The van der Waals surface area contributed by atoms with Crippen molar-refractivity contribution in [2.75, 3.05) is 39.3 Å². The van der Waals surface area contributed by atoms with E-state index in [-0.39, 0.29) is 0 Å². The van der Waals surface area contributed by atoms with E-state index in [2.05, 4.69) is 59.3 Å². The minimum absolute atomic E-state index is 0.654. The molecule has 0 radical (unpaired) electrons. The summed E-state index contributed by atoms with van der Waals surface area (Å²) >= 11 is 0. The van der Waals surface area contributed by atoms with E-state index < -0.39 is 0 Å². The van der Waals surface area contributed by atoms with Gasteiger partial charge in [-0.15, -0.1) is 0 Å². The molecule has 0 aromatic heterocycles. The highest BCUT2D eigenvalue weighted by Gasteiger charge is 2.34. The van der Waals surface area contributed by atoms with Gasteiger partial charge in [0.05, 0.1) is 0 Å². The Balaban J connectivity index is 1.34.